The third-order valence-corrected chi connectivity index (χ3v) is 4.83. The normalized spacial score (nSPS) is 15.5. The number of benzene rings is 1. The van der Waals surface area contributed by atoms with E-state index in [1.807, 2.05) is 38.1 Å². The van der Waals surface area contributed by atoms with E-state index < -0.39 is 0 Å². The molecule has 6 nitrogen and oxygen atoms in total. The van der Waals surface area contributed by atoms with Gasteiger partial charge in [-0.05, 0) is 18.6 Å². The zero-order chi connectivity index (χ0) is 18.5. The van der Waals surface area contributed by atoms with Gasteiger partial charge in [-0.1, -0.05) is 37.6 Å². The van der Waals surface area contributed by atoms with Crippen molar-refractivity contribution in [1.82, 2.24) is 19.7 Å². The summed E-state index contributed by atoms with van der Waals surface area (Å²) in [6, 6.07) is 7.45. The number of nitrogens with zero attached hydrogens (tertiary/aromatic N) is 4. The third kappa shape index (κ3) is 4.50. The molecule has 0 saturated carbocycles. The minimum atomic E-state index is -0.113. The highest BCUT2D eigenvalue weighted by Gasteiger charge is 2.16. The third-order valence-electron chi connectivity index (χ3n) is 4.50. The molecule has 3 rings (SSSR count). The highest BCUT2D eigenvalue weighted by Crippen LogP contribution is 2.24. The molecule has 7 heteroatoms. The molecule has 1 aromatic heterocycles. The zero-order valence-electron chi connectivity index (χ0n) is 15.3. The van der Waals surface area contributed by atoms with Gasteiger partial charge in [0, 0.05) is 37.7 Å². The fourth-order valence-corrected chi connectivity index (χ4v) is 3.25. The van der Waals surface area contributed by atoms with Gasteiger partial charge in [0.25, 0.3) is 5.56 Å². The lowest BCUT2D eigenvalue weighted by Gasteiger charge is -2.26. The molecule has 1 aromatic carbocycles. The largest absolute Gasteiger partial charge is 0.379 e. The number of aromatic nitrogens is 3. The number of hydrogen-bond donors (Lipinski definition) is 0. The molecule has 0 N–H and O–H groups in total. The highest BCUT2D eigenvalue weighted by molar-refractivity contribution is 6.33. The van der Waals surface area contributed by atoms with E-state index in [1.54, 1.807) is 4.68 Å². The molecule has 1 fully saturated rings. The van der Waals surface area contributed by atoms with Crippen LogP contribution in [-0.2, 0) is 11.3 Å². The topological polar surface area (TPSA) is 60.3 Å². The second-order valence-electron chi connectivity index (χ2n) is 6.79. The molecule has 0 unspecified atom stereocenters. The van der Waals surface area contributed by atoms with Crippen LogP contribution >= 0.6 is 11.6 Å². The van der Waals surface area contributed by atoms with E-state index in [9.17, 15) is 4.79 Å². The summed E-state index contributed by atoms with van der Waals surface area (Å²) < 4.78 is 6.91. The van der Waals surface area contributed by atoms with E-state index in [1.165, 1.54) is 0 Å². The summed E-state index contributed by atoms with van der Waals surface area (Å²) in [7, 11) is 0. The molecule has 1 aliphatic heterocycles. The van der Waals surface area contributed by atoms with Crippen molar-refractivity contribution in [2.75, 3.05) is 32.8 Å². The molecular weight excluding hydrogens is 352 g/mol. The minimum Gasteiger partial charge on any atom is -0.379 e. The monoisotopic (exact) mass is 376 g/mol. The van der Waals surface area contributed by atoms with Crippen molar-refractivity contribution in [3.63, 3.8) is 0 Å². The van der Waals surface area contributed by atoms with Crippen molar-refractivity contribution in [2.24, 2.45) is 0 Å². The number of hydrogen-bond acceptors (Lipinski definition) is 5. The molecule has 0 atom stereocenters. The molecule has 1 saturated heterocycles. The Kier molecular flexibility index (Phi) is 6.40. The number of ether oxygens (including phenoxy) is 1. The maximum atomic E-state index is 12.7. The smallest absolute Gasteiger partial charge is 0.288 e. The van der Waals surface area contributed by atoms with Crippen molar-refractivity contribution in [3.8, 4) is 11.4 Å². The van der Waals surface area contributed by atoms with E-state index >= 15 is 0 Å². The number of morpholine rings is 1. The number of halogens is 1. The van der Waals surface area contributed by atoms with Gasteiger partial charge in [-0.3, -0.25) is 9.69 Å². The standard InChI is InChI=1S/C19H25ClN4O2/c1-14(2)17-19(25)24(9-5-8-23-10-12-26-13-11-23)22-18(21-17)15-6-3-4-7-16(15)20/h3-4,6-7,14H,5,8-13H2,1-2H3. The van der Waals surface area contributed by atoms with Crippen LogP contribution in [0.5, 0.6) is 0 Å². The second kappa shape index (κ2) is 8.75. The van der Waals surface area contributed by atoms with Crippen LogP contribution in [0.4, 0.5) is 0 Å². The maximum Gasteiger partial charge on any atom is 0.288 e. The summed E-state index contributed by atoms with van der Waals surface area (Å²) in [4.78, 5) is 19.6. The molecular formula is C19H25ClN4O2. The van der Waals surface area contributed by atoms with Crippen LogP contribution in [0.15, 0.2) is 29.1 Å². The Labute approximate surface area is 158 Å². The predicted molar refractivity (Wildman–Crippen MR) is 103 cm³/mol. The van der Waals surface area contributed by atoms with E-state index in [2.05, 4.69) is 15.0 Å². The van der Waals surface area contributed by atoms with E-state index in [-0.39, 0.29) is 11.5 Å². The van der Waals surface area contributed by atoms with Crippen molar-refractivity contribution >= 4 is 11.6 Å². The first-order valence-electron chi connectivity index (χ1n) is 9.10. The number of aryl methyl sites for hydroxylation is 1. The zero-order valence-corrected chi connectivity index (χ0v) is 16.1. The highest BCUT2D eigenvalue weighted by atomic mass is 35.5. The maximum absolute atomic E-state index is 12.7. The fourth-order valence-electron chi connectivity index (χ4n) is 3.03. The van der Waals surface area contributed by atoms with Crippen molar-refractivity contribution in [2.45, 2.75) is 32.7 Å². The van der Waals surface area contributed by atoms with Crippen molar-refractivity contribution < 1.29 is 4.74 Å². The summed E-state index contributed by atoms with van der Waals surface area (Å²) in [6.45, 7) is 8.88. The Bertz CT molecular complexity index is 800. The first kappa shape index (κ1) is 19.0. The molecule has 2 aromatic rings. The van der Waals surface area contributed by atoms with Crippen molar-refractivity contribution in [3.05, 3.63) is 45.3 Å². The first-order chi connectivity index (χ1) is 12.6. The molecule has 0 aliphatic carbocycles. The van der Waals surface area contributed by atoms with Gasteiger partial charge in [0.05, 0.1) is 18.2 Å². The van der Waals surface area contributed by atoms with Crippen LogP contribution in [-0.4, -0.2) is 52.5 Å². The van der Waals surface area contributed by atoms with Crippen LogP contribution in [0.1, 0.15) is 31.9 Å². The minimum absolute atomic E-state index is 0.0252. The Morgan fingerprint density at radius 1 is 1.19 bits per heavy atom. The first-order valence-corrected chi connectivity index (χ1v) is 9.48. The van der Waals surface area contributed by atoms with Gasteiger partial charge in [0.15, 0.2) is 5.82 Å². The molecule has 0 radical (unpaired) electrons. The van der Waals surface area contributed by atoms with Crippen LogP contribution < -0.4 is 5.56 Å². The van der Waals surface area contributed by atoms with Crippen LogP contribution in [0.3, 0.4) is 0 Å². The summed E-state index contributed by atoms with van der Waals surface area (Å²) in [5, 5.41) is 5.08. The lowest BCUT2D eigenvalue weighted by atomic mass is 10.1. The summed E-state index contributed by atoms with van der Waals surface area (Å²) in [5.41, 5.74) is 1.16. The molecule has 0 amide bonds. The number of rotatable bonds is 6. The quantitative estimate of drug-likeness (QED) is 0.775. The summed E-state index contributed by atoms with van der Waals surface area (Å²) in [6.07, 6.45) is 0.858. The molecule has 0 bridgehead atoms. The van der Waals surface area contributed by atoms with Gasteiger partial charge in [-0.2, -0.15) is 0 Å². The second-order valence-corrected chi connectivity index (χ2v) is 7.20. The lowest BCUT2D eigenvalue weighted by Crippen LogP contribution is -2.37. The Hall–Kier alpha value is -1.76. The Morgan fingerprint density at radius 2 is 1.92 bits per heavy atom. The predicted octanol–water partition coefficient (Wildman–Crippen LogP) is 2.80. The molecule has 26 heavy (non-hydrogen) atoms. The van der Waals surface area contributed by atoms with Gasteiger partial charge in [-0.25, -0.2) is 9.67 Å². The van der Waals surface area contributed by atoms with Gasteiger partial charge in [0.2, 0.25) is 0 Å². The van der Waals surface area contributed by atoms with E-state index in [0.717, 1.165) is 44.8 Å². The van der Waals surface area contributed by atoms with Crippen LogP contribution in [0.25, 0.3) is 11.4 Å². The molecule has 0 spiro atoms. The SMILES string of the molecule is CC(C)c1nc(-c2ccccc2Cl)nn(CCCN2CCOCC2)c1=O. The van der Waals surface area contributed by atoms with Gasteiger partial charge in [0.1, 0.15) is 5.69 Å². The Balaban J connectivity index is 1.83. The van der Waals surface area contributed by atoms with Gasteiger partial charge >= 0.3 is 0 Å². The Morgan fingerprint density at radius 3 is 2.62 bits per heavy atom. The van der Waals surface area contributed by atoms with Gasteiger partial charge < -0.3 is 4.74 Å². The van der Waals surface area contributed by atoms with Crippen LogP contribution in [0, 0.1) is 0 Å². The molecule has 140 valence electrons. The molecule has 1 aliphatic rings. The molecule has 2 heterocycles. The average Bonchev–Trinajstić information content (AvgIpc) is 2.64. The lowest BCUT2D eigenvalue weighted by molar-refractivity contribution is 0.0367. The van der Waals surface area contributed by atoms with E-state index in [4.69, 9.17) is 16.3 Å². The van der Waals surface area contributed by atoms with Crippen LogP contribution in [0.2, 0.25) is 5.02 Å². The van der Waals surface area contributed by atoms with Crippen molar-refractivity contribution in [1.29, 1.82) is 0 Å². The van der Waals surface area contributed by atoms with Gasteiger partial charge in [-0.15, -0.1) is 5.10 Å². The van der Waals surface area contributed by atoms with E-state index in [0.29, 0.717) is 23.1 Å². The average molecular weight is 377 g/mol. The summed E-state index contributed by atoms with van der Waals surface area (Å²) in [5.74, 6) is 0.530. The fraction of sp³-hybridized carbons (Fsp3) is 0.526. The summed E-state index contributed by atoms with van der Waals surface area (Å²) >= 11 is 6.30.